The van der Waals surface area contributed by atoms with Gasteiger partial charge in [0, 0.05) is 34.6 Å². The van der Waals surface area contributed by atoms with E-state index in [1.807, 2.05) is 24.4 Å². The van der Waals surface area contributed by atoms with E-state index < -0.39 is 0 Å². The molecule has 0 aliphatic carbocycles. The van der Waals surface area contributed by atoms with Crippen LogP contribution in [0.4, 0.5) is 0 Å². The molecule has 1 aromatic carbocycles. The Labute approximate surface area is 176 Å². The molecule has 1 heterocycles. The molecule has 25 heavy (non-hydrogen) atoms. The van der Waals surface area contributed by atoms with Gasteiger partial charge in [-0.1, -0.05) is 43.6 Å². The van der Waals surface area contributed by atoms with Gasteiger partial charge in [0.25, 0.3) is 0 Å². The number of aryl methyl sites for hydroxylation is 1. The van der Waals surface area contributed by atoms with Crippen LogP contribution in [0, 0.1) is 6.92 Å². The molecule has 2 rings (SSSR count). The number of nitrogens with zero attached hydrogens (tertiary/aromatic N) is 2. The average molecular weight is 493 g/mol. The average Bonchev–Trinajstić information content (AvgIpc) is 2.96. The standard InChI is InChI=1S/C18H25ClN4S.HI/c1-5-20-17(22-11-16-21-10-13(2)24-16)23-12-18(3,4)14-8-6-7-9-15(14)19;/h6-10H,5,11-12H2,1-4H3,(H2,20,22,23);1H. The number of nitrogens with one attached hydrogen (secondary N) is 2. The van der Waals surface area contributed by atoms with Crippen LogP contribution < -0.4 is 10.6 Å². The van der Waals surface area contributed by atoms with Gasteiger partial charge in [-0.05, 0) is 25.5 Å². The molecule has 0 saturated heterocycles. The van der Waals surface area contributed by atoms with E-state index >= 15 is 0 Å². The van der Waals surface area contributed by atoms with Gasteiger partial charge in [0.2, 0.25) is 0 Å². The van der Waals surface area contributed by atoms with Gasteiger partial charge in [-0.25, -0.2) is 9.98 Å². The Kier molecular flexibility index (Phi) is 9.16. The summed E-state index contributed by atoms with van der Waals surface area (Å²) in [6.07, 6.45) is 1.89. The largest absolute Gasteiger partial charge is 0.357 e. The third-order valence-corrected chi connectivity index (χ3v) is 4.91. The van der Waals surface area contributed by atoms with Gasteiger partial charge in [0.05, 0.1) is 6.54 Å². The van der Waals surface area contributed by atoms with Crippen LogP contribution in [0.15, 0.2) is 35.5 Å². The van der Waals surface area contributed by atoms with Crippen LogP contribution >= 0.6 is 46.9 Å². The van der Waals surface area contributed by atoms with E-state index in [1.54, 1.807) is 11.3 Å². The molecule has 0 spiro atoms. The van der Waals surface area contributed by atoms with Gasteiger partial charge in [-0.15, -0.1) is 35.3 Å². The van der Waals surface area contributed by atoms with Crippen LogP contribution in [0.2, 0.25) is 5.02 Å². The maximum atomic E-state index is 6.35. The fourth-order valence-corrected chi connectivity index (χ4v) is 3.48. The minimum absolute atomic E-state index is 0. The van der Waals surface area contributed by atoms with Crippen LogP contribution in [0.1, 0.15) is 36.2 Å². The van der Waals surface area contributed by atoms with Crippen LogP contribution in [-0.4, -0.2) is 24.0 Å². The highest BCUT2D eigenvalue weighted by molar-refractivity contribution is 14.0. The molecule has 1 aromatic heterocycles. The smallest absolute Gasteiger partial charge is 0.191 e. The summed E-state index contributed by atoms with van der Waals surface area (Å²) in [5.74, 6) is 0.797. The molecule has 0 saturated carbocycles. The molecule has 0 fully saturated rings. The number of guanidine groups is 1. The summed E-state index contributed by atoms with van der Waals surface area (Å²) in [5.41, 5.74) is 1.03. The van der Waals surface area contributed by atoms with Crippen LogP contribution in [0.5, 0.6) is 0 Å². The summed E-state index contributed by atoms with van der Waals surface area (Å²) >= 11 is 8.03. The lowest BCUT2D eigenvalue weighted by Gasteiger charge is -2.27. The Bertz CT molecular complexity index is 700. The van der Waals surface area contributed by atoms with Crippen molar-refractivity contribution in [3.8, 4) is 0 Å². The highest BCUT2D eigenvalue weighted by Gasteiger charge is 2.23. The molecule has 7 heteroatoms. The summed E-state index contributed by atoms with van der Waals surface area (Å²) in [7, 11) is 0. The Morgan fingerprint density at radius 3 is 2.60 bits per heavy atom. The van der Waals surface area contributed by atoms with Crippen molar-refractivity contribution in [3.05, 3.63) is 50.9 Å². The molecular formula is C18H26ClIN4S. The van der Waals surface area contributed by atoms with Gasteiger partial charge in [-0.3, -0.25) is 0 Å². The van der Waals surface area contributed by atoms with Crippen molar-refractivity contribution in [3.63, 3.8) is 0 Å². The molecule has 2 aromatic rings. The summed E-state index contributed by atoms with van der Waals surface area (Å²) in [6.45, 7) is 10.6. The summed E-state index contributed by atoms with van der Waals surface area (Å²) in [6, 6.07) is 7.99. The molecule has 138 valence electrons. The quantitative estimate of drug-likeness (QED) is 0.347. The molecule has 0 atom stereocenters. The van der Waals surface area contributed by atoms with Crippen LogP contribution in [0.25, 0.3) is 0 Å². The molecular weight excluding hydrogens is 467 g/mol. The highest BCUT2D eigenvalue weighted by atomic mass is 127. The van der Waals surface area contributed by atoms with Crippen molar-refractivity contribution in [2.75, 3.05) is 13.1 Å². The normalized spacial score (nSPS) is 11.8. The molecule has 2 N–H and O–H groups in total. The zero-order chi connectivity index (χ0) is 17.6. The van der Waals surface area contributed by atoms with E-state index in [1.165, 1.54) is 4.88 Å². The molecule has 4 nitrogen and oxygen atoms in total. The predicted octanol–water partition coefficient (Wildman–Crippen LogP) is 4.76. The van der Waals surface area contributed by atoms with E-state index in [2.05, 4.69) is 54.4 Å². The van der Waals surface area contributed by atoms with Crippen molar-refractivity contribution in [2.45, 2.75) is 39.7 Å². The second-order valence-corrected chi connectivity index (χ2v) is 8.00. The van der Waals surface area contributed by atoms with Crippen molar-refractivity contribution in [2.24, 2.45) is 4.99 Å². The number of thiazole rings is 1. The topological polar surface area (TPSA) is 49.3 Å². The number of aliphatic imine (C=N–C) groups is 1. The monoisotopic (exact) mass is 492 g/mol. The zero-order valence-electron chi connectivity index (χ0n) is 15.1. The first-order valence-corrected chi connectivity index (χ1v) is 9.30. The Morgan fingerprint density at radius 2 is 2.00 bits per heavy atom. The third kappa shape index (κ3) is 6.75. The zero-order valence-corrected chi connectivity index (χ0v) is 19.0. The van der Waals surface area contributed by atoms with Gasteiger partial charge >= 0.3 is 0 Å². The summed E-state index contributed by atoms with van der Waals surface area (Å²) in [4.78, 5) is 10.2. The Balaban J connectivity index is 0.00000312. The Hall–Kier alpha value is -0.860. The number of hydrogen-bond donors (Lipinski definition) is 2. The lowest BCUT2D eigenvalue weighted by atomic mass is 9.84. The molecule has 0 aliphatic heterocycles. The Morgan fingerprint density at radius 1 is 1.28 bits per heavy atom. The van der Waals surface area contributed by atoms with Gasteiger partial charge in [-0.2, -0.15) is 0 Å². The van der Waals surface area contributed by atoms with Crippen LogP contribution in [0.3, 0.4) is 0 Å². The first-order valence-electron chi connectivity index (χ1n) is 8.11. The molecule has 0 radical (unpaired) electrons. The minimum Gasteiger partial charge on any atom is -0.357 e. The van der Waals surface area contributed by atoms with Crippen molar-refractivity contribution in [1.82, 2.24) is 15.6 Å². The van der Waals surface area contributed by atoms with E-state index in [-0.39, 0.29) is 29.4 Å². The highest BCUT2D eigenvalue weighted by Crippen LogP contribution is 2.28. The number of rotatable bonds is 6. The second kappa shape index (κ2) is 10.3. The van der Waals surface area contributed by atoms with Gasteiger partial charge in [0.15, 0.2) is 5.96 Å². The number of benzene rings is 1. The third-order valence-electron chi connectivity index (χ3n) is 3.69. The second-order valence-electron chi connectivity index (χ2n) is 6.28. The molecule has 0 bridgehead atoms. The van der Waals surface area contributed by atoms with E-state index in [4.69, 9.17) is 11.6 Å². The molecule has 0 unspecified atom stereocenters. The maximum Gasteiger partial charge on any atom is 0.191 e. The van der Waals surface area contributed by atoms with Crippen LogP contribution in [-0.2, 0) is 12.0 Å². The minimum atomic E-state index is -0.105. The van der Waals surface area contributed by atoms with Crippen molar-refractivity contribution in [1.29, 1.82) is 0 Å². The van der Waals surface area contributed by atoms with E-state index in [9.17, 15) is 0 Å². The maximum absolute atomic E-state index is 6.35. The van der Waals surface area contributed by atoms with E-state index in [0.717, 1.165) is 34.6 Å². The van der Waals surface area contributed by atoms with Gasteiger partial charge < -0.3 is 10.6 Å². The lowest BCUT2D eigenvalue weighted by Crippen LogP contribution is -2.43. The predicted molar refractivity (Wildman–Crippen MR) is 120 cm³/mol. The first-order chi connectivity index (χ1) is 11.4. The number of halogens is 2. The SMILES string of the molecule is CCNC(=NCc1ncc(C)s1)NCC(C)(C)c1ccccc1Cl.I. The van der Waals surface area contributed by atoms with E-state index in [0.29, 0.717) is 6.54 Å². The first kappa shape index (κ1) is 22.2. The molecule has 0 aliphatic rings. The van der Waals surface area contributed by atoms with Crippen molar-refractivity contribution >= 4 is 52.9 Å². The number of aromatic nitrogens is 1. The summed E-state index contributed by atoms with van der Waals surface area (Å²) < 4.78 is 0. The van der Waals surface area contributed by atoms with Crippen molar-refractivity contribution < 1.29 is 0 Å². The fraction of sp³-hybridized carbons (Fsp3) is 0.444. The lowest BCUT2D eigenvalue weighted by molar-refractivity contribution is 0.509. The summed E-state index contributed by atoms with van der Waals surface area (Å²) in [5, 5.41) is 8.52. The fourth-order valence-electron chi connectivity index (χ4n) is 2.37. The van der Waals surface area contributed by atoms with Gasteiger partial charge in [0.1, 0.15) is 5.01 Å². The molecule has 0 amide bonds. The number of hydrogen-bond acceptors (Lipinski definition) is 3.